The molecule has 0 bridgehead atoms. The Labute approximate surface area is 97.3 Å². The number of methoxy groups -OCH3 is 1. The van der Waals surface area contributed by atoms with E-state index < -0.39 is 0 Å². The number of hydrogen-bond donors (Lipinski definition) is 1. The van der Waals surface area contributed by atoms with Crippen LogP contribution in [0.3, 0.4) is 0 Å². The normalized spacial score (nSPS) is 26.0. The van der Waals surface area contributed by atoms with Crippen molar-refractivity contribution in [2.45, 2.75) is 12.8 Å². The molecule has 15 heavy (non-hydrogen) atoms. The van der Waals surface area contributed by atoms with E-state index in [-0.39, 0.29) is 0 Å². The monoisotopic (exact) mass is 233 g/mol. The van der Waals surface area contributed by atoms with Gasteiger partial charge in [-0.1, -0.05) is 0 Å². The Kier molecular flexibility index (Phi) is 6.64. The summed E-state index contributed by atoms with van der Waals surface area (Å²) in [6.07, 6.45) is 4.63. The number of ether oxygens (including phenoxy) is 2. The van der Waals surface area contributed by atoms with Crippen LogP contribution in [0.15, 0.2) is 0 Å². The molecule has 0 aromatic heterocycles. The van der Waals surface area contributed by atoms with Gasteiger partial charge in [0, 0.05) is 32.2 Å². The van der Waals surface area contributed by atoms with Gasteiger partial charge in [-0.25, -0.2) is 0 Å². The molecule has 1 unspecified atom stereocenters. The van der Waals surface area contributed by atoms with E-state index in [1.54, 1.807) is 7.11 Å². The van der Waals surface area contributed by atoms with Gasteiger partial charge in [-0.2, -0.15) is 11.8 Å². The van der Waals surface area contributed by atoms with Gasteiger partial charge in [-0.3, -0.25) is 0 Å². The van der Waals surface area contributed by atoms with Crippen LogP contribution in [0.5, 0.6) is 0 Å². The zero-order valence-electron chi connectivity index (χ0n) is 9.88. The zero-order chi connectivity index (χ0) is 11.0. The van der Waals surface area contributed by atoms with Crippen molar-refractivity contribution in [3.8, 4) is 0 Å². The van der Waals surface area contributed by atoms with Crippen molar-refractivity contribution in [2.24, 2.45) is 5.41 Å². The van der Waals surface area contributed by atoms with Crippen molar-refractivity contribution in [3.63, 3.8) is 0 Å². The molecule has 0 aromatic carbocycles. The molecule has 0 aliphatic carbocycles. The van der Waals surface area contributed by atoms with Gasteiger partial charge >= 0.3 is 0 Å². The second-order valence-corrected chi connectivity index (χ2v) is 5.20. The Morgan fingerprint density at radius 1 is 1.53 bits per heavy atom. The highest BCUT2D eigenvalue weighted by molar-refractivity contribution is 7.98. The molecule has 0 amide bonds. The largest absolute Gasteiger partial charge is 0.383 e. The van der Waals surface area contributed by atoms with Crippen LogP contribution in [0.25, 0.3) is 0 Å². The zero-order valence-corrected chi connectivity index (χ0v) is 10.7. The molecule has 1 fully saturated rings. The molecule has 1 rings (SSSR count). The molecule has 1 atom stereocenters. The Balaban J connectivity index is 2.23. The summed E-state index contributed by atoms with van der Waals surface area (Å²) >= 11 is 1.92. The predicted octanol–water partition coefficient (Wildman–Crippen LogP) is 1.38. The SMILES string of the molecule is COCCNCC1(CCSC)CCOC1. The summed E-state index contributed by atoms with van der Waals surface area (Å²) in [4.78, 5) is 0. The minimum Gasteiger partial charge on any atom is -0.383 e. The van der Waals surface area contributed by atoms with Crippen LogP contribution in [0, 0.1) is 5.41 Å². The van der Waals surface area contributed by atoms with Crippen molar-refractivity contribution in [3.05, 3.63) is 0 Å². The van der Waals surface area contributed by atoms with Crippen molar-refractivity contribution < 1.29 is 9.47 Å². The first-order valence-electron chi connectivity index (χ1n) is 5.59. The number of hydrogen-bond acceptors (Lipinski definition) is 4. The fourth-order valence-electron chi connectivity index (χ4n) is 1.92. The second kappa shape index (κ2) is 7.49. The van der Waals surface area contributed by atoms with E-state index in [4.69, 9.17) is 9.47 Å². The lowest BCUT2D eigenvalue weighted by atomic mass is 9.84. The summed E-state index contributed by atoms with van der Waals surface area (Å²) in [5, 5.41) is 3.46. The number of rotatable bonds is 8. The predicted molar refractivity (Wildman–Crippen MR) is 65.6 cm³/mol. The van der Waals surface area contributed by atoms with Crippen molar-refractivity contribution >= 4 is 11.8 Å². The van der Waals surface area contributed by atoms with Crippen LogP contribution < -0.4 is 5.32 Å². The molecule has 90 valence electrons. The summed E-state index contributed by atoms with van der Waals surface area (Å²) in [6.45, 7) is 4.65. The van der Waals surface area contributed by atoms with Gasteiger partial charge in [0.1, 0.15) is 0 Å². The van der Waals surface area contributed by atoms with Gasteiger partial charge in [-0.05, 0) is 24.9 Å². The number of nitrogens with one attached hydrogen (secondary N) is 1. The average molecular weight is 233 g/mol. The molecule has 1 heterocycles. The molecule has 1 aliphatic heterocycles. The van der Waals surface area contributed by atoms with E-state index in [0.29, 0.717) is 5.41 Å². The first kappa shape index (κ1) is 13.3. The highest BCUT2D eigenvalue weighted by atomic mass is 32.2. The first-order valence-corrected chi connectivity index (χ1v) is 6.99. The molecular formula is C11H23NO2S. The van der Waals surface area contributed by atoms with Crippen molar-refractivity contribution in [2.75, 3.05) is 52.0 Å². The van der Waals surface area contributed by atoms with Crippen molar-refractivity contribution in [1.29, 1.82) is 0 Å². The molecule has 3 nitrogen and oxygen atoms in total. The highest BCUT2D eigenvalue weighted by Gasteiger charge is 2.33. The third kappa shape index (κ3) is 4.72. The topological polar surface area (TPSA) is 30.5 Å². The summed E-state index contributed by atoms with van der Waals surface area (Å²) in [5.41, 5.74) is 0.386. The minimum absolute atomic E-state index is 0.386. The molecule has 0 saturated carbocycles. The van der Waals surface area contributed by atoms with Crippen LogP contribution in [0.4, 0.5) is 0 Å². The van der Waals surface area contributed by atoms with Gasteiger partial charge in [0.05, 0.1) is 13.2 Å². The maximum atomic E-state index is 5.53. The van der Waals surface area contributed by atoms with Crippen LogP contribution in [0.2, 0.25) is 0 Å². The highest BCUT2D eigenvalue weighted by Crippen LogP contribution is 2.32. The maximum Gasteiger partial charge on any atom is 0.0587 e. The number of thioether (sulfide) groups is 1. The molecule has 1 aliphatic rings. The standard InChI is InChI=1S/C11H23NO2S/c1-13-7-5-12-9-11(4-8-15-2)3-6-14-10-11/h12H,3-10H2,1-2H3. The lowest BCUT2D eigenvalue weighted by Gasteiger charge is -2.27. The smallest absolute Gasteiger partial charge is 0.0587 e. The van der Waals surface area contributed by atoms with Gasteiger partial charge in [0.15, 0.2) is 0 Å². The summed E-state index contributed by atoms with van der Waals surface area (Å²) in [6, 6.07) is 0. The fraction of sp³-hybridized carbons (Fsp3) is 1.00. The maximum absolute atomic E-state index is 5.53. The Hall–Kier alpha value is 0.230. The van der Waals surface area contributed by atoms with Gasteiger partial charge in [0.25, 0.3) is 0 Å². The van der Waals surface area contributed by atoms with E-state index in [9.17, 15) is 0 Å². The summed E-state index contributed by atoms with van der Waals surface area (Å²) in [7, 11) is 1.74. The molecule has 0 aromatic rings. The lowest BCUT2D eigenvalue weighted by molar-refractivity contribution is 0.143. The van der Waals surface area contributed by atoms with E-state index in [1.165, 1.54) is 18.6 Å². The first-order chi connectivity index (χ1) is 7.33. The Morgan fingerprint density at radius 3 is 3.00 bits per heavy atom. The summed E-state index contributed by atoms with van der Waals surface area (Å²) in [5.74, 6) is 1.23. The van der Waals surface area contributed by atoms with Crippen LogP contribution >= 0.6 is 11.8 Å². The van der Waals surface area contributed by atoms with Gasteiger partial charge in [0.2, 0.25) is 0 Å². The average Bonchev–Trinajstić information content (AvgIpc) is 2.71. The fourth-order valence-corrected chi connectivity index (χ4v) is 2.56. The van der Waals surface area contributed by atoms with Crippen molar-refractivity contribution in [1.82, 2.24) is 5.32 Å². The third-order valence-corrected chi connectivity index (χ3v) is 3.62. The van der Waals surface area contributed by atoms with E-state index in [0.717, 1.165) is 32.9 Å². The molecule has 0 radical (unpaired) electrons. The molecular weight excluding hydrogens is 210 g/mol. The molecule has 4 heteroatoms. The molecule has 1 N–H and O–H groups in total. The van der Waals surface area contributed by atoms with E-state index >= 15 is 0 Å². The second-order valence-electron chi connectivity index (χ2n) is 4.21. The van der Waals surface area contributed by atoms with Gasteiger partial charge in [-0.15, -0.1) is 0 Å². The Bertz CT molecular complexity index is 161. The molecule has 1 saturated heterocycles. The molecule has 0 spiro atoms. The van der Waals surface area contributed by atoms with Crippen LogP contribution in [-0.2, 0) is 9.47 Å². The Morgan fingerprint density at radius 2 is 2.40 bits per heavy atom. The van der Waals surface area contributed by atoms with Crippen LogP contribution in [-0.4, -0.2) is 52.0 Å². The van der Waals surface area contributed by atoms with Gasteiger partial charge < -0.3 is 14.8 Å². The lowest BCUT2D eigenvalue weighted by Crippen LogP contribution is -2.36. The van der Waals surface area contributed by atoms with E-state index in [1.807, 2.05) is 11.8 Å². The minimum atomic E-state index is 0.386. The van der Waals surface area contributed by atoms with E-state index in [2.05, 4.69) is 11.6 Å². The quantitative estimate of drug-likeness (QED) is 0.642. The van der Waals surface area contributed by atoms with Crippen LogP contribution in [0.1, 0.15) is 12.8 Å². The third-order valence-electron chi connectivity index (χ3n) is 3.00. The summed E-state index contributed by atoms with van der Waals surface area (Å²) < 4.78 is 10.6.